The van der Waals surface area contributed by atoms with Crippen molar-refractivity contribution in [2.45, 2.75) is 51.2 Å². The van der Waals surface area contributed by atoms with Crippen LogP contribution in [-0.4, -0.2) is 22.9 Å². The van der Waals surface area contributed by atoms with E-state index in [1.165, 1.54) is 0 Å². The summed E-state index contributed by atoms with van der Waals surface area (Å²) in [6.07, 6.45) is -0.566. The molecule has 1 rings (SSSR count). The molecule has 21 heavy (non-hydrogen) atoms. The molecule has 0 radical (unpaired) electrons. The standard InChI is InChI=1S/C16H23NO3S/c1-11(2)13(17-15(19)20-16(3,4)5)14(18)21-12-9-7-6-8-10-12/h6-11,13H,1-5H3,(H,17,19)/t13-/m0/s1. The van der Waals surface area contributed by atoms with E-state index >= 15 is 0 Å². The van der Waals surface area contributed by atoms with Gasteiger partial charge in [-0.2, -0.15) is 0 Å². The molecule has 1 aromatic rings. The molecule has 0 aromatic heterocycles. The Morgan fingerprint density at radius 3 is 2.19 bits per heavy atom. The minimum absolute atomic E-state index is 0.0127. The second-order valence-electron chi connectivity index (χ2n) is 6.10. The van der Waals surface area contributed by atoms with Crippen molar-refractivity contribution < 1.29 is 14.3 Å². The van der Waals surface area contributed by atoms with Crippen LogP contribution in [0.3, 0.4) is 0 Å². The molecule has 0 aliphatic heterocycles. The van der Waals surface area contributed by atoms with Gasteiger partial charge in [0, 0.05) is 4.90 Å². The second-order valence-corrected chi connectivity index (χ2v) is 7.18. The fourth-order valence-corrected chi connectivity index (χ4v) is 2.58. The molecule has 116 valence electrons. The second kappa shape index (κ2) is 7.50. The minimum atomic E-state index is -0.582. The number of alkyl carbamates (subject to hydrolysis) is 1. The molecule has 0 aliphatic rings. The van der Waals surface area contributed by atoms with E-state index in [-0.39, 0.29) is 11.0 Å². The number of carbonyl (C=O) groups is 2. The smallest absolute Gasteiger partial charge is 0.408 e. The number of carbonyl (C=O) groups excluding carboxylic acids is 2. The Bertz CT molecular complexity index is 480. The summed E-state index contributed by atoms with van der Waals surface area (Å²) < 4.78 is 5.21. The van der Waals surface area contributed by atoms with Gasteiger partial charge in [-0.3, -0.25) is 4.79 Å². The number of rotatable bonds is 4. The summed E-state index contributed by atoms with van der Waals surface area (Å²) >= 11 is 1.13. The van der Waals surface area contributed by atoms with Crippen LogP contribution in [0, 0.1) is 5.92 Å². The highest BCUT2D eigenvalue weighted by Gasteiger charge is 2.27. The molecule has 1 amide bonds. The van der Waals surface area contributed by atoms with E-state index in [9.17, 15) is 9.59 Å². The Kier molecular flexibility index (Phi) is 6.27. The number of ether oxygens (including phenoxy) is 1. The van der Waals surface area contributed by atoms with Crippen LogP contribution in [0.1, 0.15) is 34.6 Å². The van der Waals surface area contributed by atoms with Gasteiger partial charge in [-0.1, -0.05) is 32.0 Å². The number of thioether (sulfide) groups is 1. The lowest BCUT2D eigenvalue weighted by Crippen LogP contribution is -2.45. The Morgan fingerprint density at radius 1 is 1.14 bits per heavy atom. The number of hydrogen-bond acceptors (Lipinski definition) is 4. The molecule has 0 unspecified atom stereocenters. The molecule has 1 N–H and O–H groups in total. The highest BCUT2D eigenvalue weighted by Crippen LogP contribution is 2.22. The zero-order valence-corrected chi connectivity index (χ0v) is 14.0. The largest absolute Gasteiger partial charge is 0.444 e. The van der Waals surface area contributed by atoms with Crippen molar-refractivity contribution in [3.8, 4) is 0 Å². The van der Waals surface area contributed by atoms with E-state index in [1.54, 1.807) is 20.8 Å². The van der Waals surface area contributed by atoms with Gasteiger partial charge in [-0.15, -0.1) is 0 Å². The number of hydrogen-bond donors (Lipinski definition) is 1. The van der Waals surface area contributed by atoms with Crippen molar-refractivity contribution >= 4 is 23.0 Å². The Morgan fingerprint density at radius 2 is 1.71 bits per heavy atom. The summed E-state index contributed by atoms with van der Waals surface area (Å²) in [6.45, 7) is 9.16. The van der Waals surface area contributed by atoms with Gasteiger partial charge in [0.05, 0.1) is 0 Å². The molecule has 1 aromatic carbocycles. The third-order valence-electron chi connectivity index (χ3n) is 2.55. The normalized spacial score (nSPS) is 12.9. The van der Waals surface area contributed by atoms with E-state index in [2.05, 4.69) is 5.32 Å². The first-order valence-corrected chi connectivity index (χ1v) is 7.77. The Labute approximate surface area is 130 Å². The molecule has 0 fully saturated rings. The van der Waals surface area contributed by atoms with Crippen LogP contribution >= 0.6 is 11.8 Å². The van der Waals surface area contributed by atoms with Crippen molar-refractivity contribution in [1.29, 1.82) is 0 Å². The molecule has 0 bridgehead atoms. The molecule has 0 spiro atoms. The molecule has 0 heterocycles. The maximum Gasteiger partial charge on any atom is 0.408 e. The number of nitrogens with one attached hydrogen (secondary N) is 1. The van der Waals surface area contributed by atoms with Crippen molar-refractivity contribution in [3.05, 3.63) is 30.3 Å². The zero-order valence-electron chi connectivity index (χ0n) is 13.2. The maximum absolute atomic E-state index is 12.3. The fourth-order valence-electron chi connectivity index (χ4n) is 1.60. The molecule has 0 aliphatic carbocycles. The summed E-state index contributed by atoms with van der Waals surface area (Å²) in [5.41, 5.74) is -0.582. The predicted molar refractivity (Wildman–Crippen MR) is 85.3 cm³/mol. The molecule has 0 saturated carbocycles. The lowest BCUT2D eigenvalue weighted by atomic mass is 10.1. The fraction of sp³-hybridized carbons (Fsp3) is 0.500. The molecular formula is C16H23NO3S. The van der Waals surface area contributed by atoms with Crippen LogP contribution in [0.4, 0.5) is 4.79 Å². The summed E-state index contributed by atoms with van der Waals surface area (Å²) in [6, 6.07) is 8.81. The first kappa shape index (κ1) is 17.6. The summed E-state index contributed by atoms with van der Waals surface area (Å²) in [4.78, 5) is 25.0. The van der Waals surface area contributed by atoms with Crippen LogP contribution in [0.5, 0.6) is 0 Å². The van der Waals surface area contributed by atoms with Crippen LogP contribution in [0.15, 0.2) is 35.2 Å². The van der Waals surface area contributed by atoms with E-state index in [1.807, 2.05) is 44.2 Å². The molecule has 4 nitrogen and oxygen atoms in total. The average molecular weight is 309 g/mol. The van der Waals surface area contributed by atoms with Crippen LogP contribution in [-0.2, 0) is 9.53 Å². The van der Waals surface area contributed by atoms with Gasteiger partial charge in [0.25, 0.3) is 0 Å². The van der Waals surface area contributed by atoms with Crippen molar-refractivity contribution in [3.63, 3.8) is 0 Å². The van der Waals surface area contributed by atoms with Crippen molar-refractivity contribution in [2.75, 3.05) is 0 Å². The quantitative estimate of drug-likeness (QED) is 0.858. The van der Waals surface area contributed by atoms with Crippen LogP contribution < -0.4 is 5.32 Å². The van der Waals surface area contributed by atoms with Gasteiger partial charge in [0.15, 0.2) is 0 Å². The number of amides is 1. The Hall–Kier alpha value is -1.49. The summed E-state index contributed by atoms with van der Waals surface area (Å²) in [5, 5.41) is 2.57. The first-order chi connectivity index (χ1) is 9.69. The average Bonchev–Trinajstić information content (AvgIpc) is 2.34. The molecule has 0 saturated heterocycles. The van der Waals surface area contributed by atoms with E-state index < -0.39 is 17.7 Å². The Balaban J connectivity index is 2.69. The minimum Gasteiger partial charge on any atom is -0.444 e. The predicted octanol–water partition coefficient (Wildman–Crippen LogP) is 3.85. The van der Waals surface area contributed by atoms with Gasteiger partial charge in [-0.05, 0) is 50.6 Å². The highest BCUT2D eigenvalue weighted by molar-refractivity contribution is 8.13. The van der Waals surface area contributed by atoms with Gasteiger partial charge < -0.3 is 10.1 Å². The van der Waals surface area contributed by atoms with Crippen LogP contribution in [0.2, 0.25) is 0 Å². The van der Waals surface area contributed by atoms with Gasteiger partial charge in [0.2, 0.25) is 5.12 Å². The molecular weight excluding hydrogens is 286 g/mol. The van der Waals surface area contributed by atoms with Gasteiger partial charge >= 0.3 is 6.09 Å². The van der Waals surface area contributed by atoms with E-state index in [0.717, 1.165) is 16.7 Å². The maximum atomic E-state index is 12.3. The van der Waals surface area contributed by atoms with Crippen LogP contribution in [0.25, 0.3) is 0 Å². The van der Waals surface area contributed by atoms with Gasteiger partial charge in [-0.25, -0.2) is 4.79 Å². The molecule has 1 atom stereocenters. The van der Waals surface area contributed by atoms with Crippen molar-refractivity contribution in [2.24, 2.45) is 5.92 Å². The summed E-state index contributed by atoms with van der Waals surface area (Å²) in [7, 11) is 0. The third kappa shape index (κ3) is 6.67. The first-order valence-electron chi connectivity index (χ1n) is 6.95. The molecule has 5 heteroatoms. The van der Waals surface area contributed by atoms with Crippen molar-refractivity contribution in [1.82, 2.24) is 5.32 Å². The zero-order chi connectivity index (χ0) is 16.0. The number of benzene rings is 1. The lowest BCUT2D eigenvalue weighted by molar-refractivity contribution is -0.113. The lowest BCUT2D eigenvalue weighted by Gasteiger charge is -2.24. The summed E-state index contributed by atoms with van der Waals surface area (Å²) in [5.74, 6) is -0.0127. The topological polar surface area (TPSA) is 55.4 Å². The van der Waals surface area contributed by atoms with E-state index in [0.29, 0.717) is 0 Å². The van der Waals surface area contributed by atoms with Gasteiger partial charge in [0.1, 0.15) is 11.6 Å². The highest BCUT2D eigenvalue weighted by atomic mass is 32.2. The SMILES string of the molecule is CC(C)[C@H](NC(=O)OC(C)(C)C)C(=O)Sc1ccccc1. The van der Waals surface area contributed by atoms with E-state index in [4.69, 9.17) is 4.74 Å². The monoisotopic (exact) mass is 309 g/mol. The third-order valence-corrected chi connectivity index (χ3v) is 3.52.